The number of nitrogens with zero attached hydrogens (tertiary/aromatic N) is 1. The van der Waals surface area contributed by atoms with Crippen LogP contribution in [0.25, 0.3) is 0 Å². The van der Waals surface area contributed by atoms with E-state index in [1.54, 1.807) is 0 Å². The van der Waals surface area contributed by atoms with Crippen LogP contribution in [0.3, 0.4) is 0 Å². The largest absolute Gasteiger partial charge is 0.394 e. The van der Waals surface area contributed by atoms with Gasteiger partial charge in [0.2, 0.25) is 0 Å². The van der Waals surface area contributed by atoms with Crippen molar-refractivity contribution in [3.63, 3.8) is 0 Å². The van der Waals surface area contributed by atoms with Crippen molar-refractivity contribution in [3.8, 4) is 0 Å². The average Bonchev–Trinajstić information content (AvgIpc) is 2.13. The number of nitrogens with two attached hydrogens (primary N) is 1. The lowest BCUT2D eigenvalue weighted by atomic mass is 10.3. The van der Waals surface area contributed by atoms with E-state index in [0.29, 0.717) is 6.61 Å². The summed E-state index contributed by atoms with van der Waals surface area (Å²) in [6.07, 6.45) is 0. The normalized spacial score (nSPS) is 25.0. The number of carbonyl (C=O) groups is 1. The fourth-order valence-electron chi connectivity index (χ4n) is 0.508. The highest BCUT2D eigenvalue weighted by molar-refractivity contribution is 9.10. The number of hydrogen-bond acceptors (Lipinski definition) is 3. The number of alkyl halides is 1. The molecule has 0 aromatic rings. The van der Waals surface area contributed by atoms with Gasteiger partial charge < -0.3 is 10.6 Å². The molecule has 0 aromatic heterocycles. The first kappa shape index (κ1) is 6.54. The van der Waals surface area contributed by atoms with Gasteiger partial charge in [-0.1, -0.05) is 21.1 Å². The van der Waals surface area contributed by atoms with Gasteiger partial charge in [0.05, 0.1) is 0 Å². The number of amides is 1. The molecule has 5 heteroatoms. The second-order valence-corrected chi connectivity index (χ2v) is 2.71. The summed E-state index contributed by atoms with van der Waals surface area (Å²) in [5.41, 5.74) is 5.17. The van der Waals surface area contributed by atoms with E-state index in [4.69, 9.17) is 5.73 Å². The molecule has 0 bridgehead atoms. The zero-order chi connectivity index (χ0) is 6.85. The average molecular weight is 193 g/mol. The van der Waals surface area contributed by atoms with Crippen LogP contribution < -0.4 is 5.73 Å². The third-order valence-corrected chi connectivity index (χ3v) is 1.63. The van der Waals surface area contributed by atoms with Crippen LogP contribution in [0, 0.1) is 0 Å². The van der Waals surface area contributed by atoms with Crippen molar-refractivity contribution in [2.45, 2.75) is 4.83 Å². The van der Waals surface area contributed by atoms with E-state index in [0.717, 1.165) is 0 Å². The van der Waals surface area contributed by atoms with Crippen LogP contribution >= 0.6 is 15.9 Å². The van der Waals surface area contributed by atoms with Gasteiger partial charge in [0.1, 0.15) is 11.4 Å². The van der Waals surface area contributed by atoms with Gasteiger partial charge in [-0.3, -0.25) is 4.79 Å². The van der Waals surface area contributed by atoms with Gasteiger partial charge in [-0.2, -0.15) is 0 Å². The molecule has 0 saturated heterocycles. The van der Waals surface area contributed by atoms with Crippen LogP contribution in [0.4, 0.5) is 0 Å². The number of hydrogen-bond donors (Lipinski definition) is 1. The summed E-state index contributed by atoms with van der Waals surface area (Å²) in [5, 5.41) is 3.41. The highest BCUT2D eigenvalue weighted by atomic mass is 79.9. The molecular formula is C4H5BrN2O2. The number of carbonyl (C=O) groups excluding carboxylic acids is 1. The Balaban J connectivity index is 2.68. The minimum Gasteiger partial charge on any atom is -0.394 e. The van der Waals surface area contributed by atoms with E-state index in [1.807, 2.05) is 0 Å². The molecule has 1 aliphatic heterocycles. The Kier molecular flexibility index (Phi) is 1.70. The monoisotopic (exact) mass is 192 g/mol. The molecule has 0 radical (unpaired) electrons. The van der Waals surface area contributed by atoms with Gasteiger partial charge in [-0.05, 0) is 0 Å². The van der Waals surface area contributed by atoms with Crippen LogP contribution in [0.1, 0.15) is 0 Å². The fourth-order valence-corrected chi connectivity index (χ4v) is 0.935. The van der Waals surface area contributed by atoms with Crippen molar-refractivity contribution < 1.29 is 9.63 Å². The van der Waals surface area contributed by atoms with Crippen LogP contribution in [0.2, 0.25) is 0 Å². The van der Waals surface area contributed by atoms with Crippen LogP contribution in [-0.4, -0.2) is 23.1 Å². The molecule has 0 saturated carbocycles. The van der Waals surface area contributed by atoms with Crippen molar-refractivity contribution in [1.29, 1.82) is 0 Å². The molecule has 2 N–H and O–H groups in total. The van der Waals surface area contributed by atoms with Crippen LogP contribution in [0.5, 0.6) is 0 Å². The number of halogens is 1. The maximum Gasteiger partial charge on any atom is 0.267 e. The van der Waals surface area contributed by atoms with Crippen molar-refractivity contribution in [1.82, 2.24) is 0 Å². The highest BCUT2D eigenvalue weighted by Crippen LogP contribution is 2.09. The summed E-state index contributed by atoms with van der Waals surface area (Å²) in [6, 6.07) is 0. The van der Waals surface area contributed by atoms with Crippen molar-refractivity contribution >= 4 is 27.5 Å². The maximum absolute atomic E-state index is 10.4. The Bertz CT molecular complexity index is 168. The zero-order valence-corrected chi connectivity index (χ0v) is 6.09. The van der Waals surface area contributed by atoms with Crippen molar-refractivity contribution in [2.24, 2.45) is 10.9 Å². The topological polar surface area (TPSA) is 64.7 Å². The molecule has 1 unspecified atom stereocenters. The zero-order valence-electron chi connectivity index (χ0n) is 4.50. The first-order valence-corrected chi connectivity index (χ1v) is 3.27. The molecule has 1 rings (SSSR count). The predicted octanol–water partition coefficient (Wildman–Crippen LogP) is -0.379. The van der Waals surface area contributed by atoms with Crippen LogP contribution in [-0.2, 0) is 9.63 Å². The second kappa shape index (κ2) is 2.34. The molecule has 1 heterocycles. The van der Waals surface area contributed by atoms with E-state index in [-0.39, 0.29) is 10.5 Å². The Morgan fingerprint density at radius 2 is 2.67 bits per heavy atom. The first-order valence-electron chi connectivity index (χ1n) is 2.35. The molecule has 1 aliphatic rings. The van der Waals surface area contributed by atoms with E-state index in [1.165, 1.54) is 0 Å². The molecule has 1 amide bonds. The van der Waals surface area contributed by atoms with Crippen LogP contribution in [0.15, 0.2) is 5.16 Å². The van der Waals surface area contributed by atoms with E-state index in [2.05, 4.69) is 25.9 Å². The third-order valence-electron chi connectivity index (χ3n) is 0.933. The number of primary amides is 1. The quantitative estimate of drug-likeness (QED) is 0.577. The number of rotatable bonds is 1. The Morgan fingerprint density at radius 3 is 2.89 bits per heavy atom. The SMILES string of the molecule is NC(=O)C1=NOCC1Br. The minimum atomic E-state index is -0.533. The third kappa shape index (κ3) is 1.21. The fraction of sp³-hybridized carbons (Fsp3) is 0.500. The summed E-state index contributed by atoms with van der Waals surface area (Å²) in [4.78, 5) is 14.8. The van der Waals surface area contributed by atoms with Gasteiger partial charge in [0.25, 0.3) is 5.91 Å². The minimum absolute atomic E-state index is 0.130. The Hall–Kier alpha value is -0.580. The van der Waals surface area contributed by atoms with Gasteiger partial charge in [-0.15, -0.1) is 0 Å². The smallest absolute Gasteiger partial charge is 0.267 e. The summed E-state index contributed by atoms with van der Waals surface area (Å²) < 4.78 is 0. The molecule has 0 fully saturated rings. The Morgan fingerprint density at radius 1 is 2.00 bits per heavy atom. The lowest BCUT2D eigenvalue weighted by Gasteiger charge is -1.93. The molecule has 0 aliphatic carbocycles. The number of oxime groups is 1. The summed E-state index contributed by atoms with van der Waals surface area (Å²) in [7, 11) is 0. The van der Waals surface area contributed by atoms with E-state index in [9.17, 15) is 4.79 Å². The predicted molar refractivity (Wildman–Crippen MR) is 35.3 cm³/mol. The van der Waals surface area contributed by atoms with Gasteiger partial charge in [-0.25, -0.2) is 0 Å². The molecule has 0 spiro atoms. The summed E-state index contributed by atoms with van der Waals surface area (Å²) >= 11 is 3.15. The summed E-state index contributed by atoms with van der Waals surface area (Å²) in [6.45, 7) is 0.387. The maximum atomic E-state index is 10.4. The second-order valence-electron chi connectivity index (χ2n) is 1.60. The molecular weight excluding hydrogens is 188 g/mol. The lowest BCUT2D eigenvalue weighted by molar-refractivity contribution is -0.112. The van der Waals surface area contributed by atoms with Crippen molar-refractivity contribution in [3.05, 3.63) is 0 Å². The van der Waals surface area contributed by atoms with Gasteiger partial charge in [0, 0.05) is 0 Å². The van der Waals surface area contributed by atoms with Gasteiger partial charge in [0.15, 0.2) is 5.71 Å². The molecule has 4 nitrogen and oxygen atoms in total. The van der Waals surface area contributed by atoms with E-state index < -0.39 is 5.91 Å². The Labute approximate surface area is 60.2 Å². The molecule has 0 aromatic carbocycles. The standard InChI is InChI=1S/C4H5BrN2O2/c5-2-1-9-7-3(2)4(6)8/h2H,1H2,(H2,6,8). The molecule has 1 atom stereocenters. The van der Waals surface area contributed by atoms with E-state index >= 15 is 0 Å². The molecule has 50 valence electrons. The van der Waals surface area contributed by atoms with Gasteiger partial charge >= 0.3 is 0 Å². The lowest BCUT2D eigenvalue weighted by Crippen LogP contribution is -2.28. The molecule has 9 heavy (non-hydrogen) atoms. The first-order chi connectivity index (χ1) is 4.22. The van der Waals surface area contributed by atoms with Crippen molar-refractivity contribution in [2.75, 3.05) is 6.61 Å². The highest BCUT2D eigenvalue weighted by Gasteiger charge is 2.24. The summed E-state index contributed by atoms with van der Waals surface area (Å²) in [5.74, 6) is -0.533.